The summed E-state index contributed by atoms with van der Waals surface area (Å²) in [7, 11) is 0. The van der Waals surface area contributed by atoms with Gasteiger partial charge in [-0.05, 0) is 55.0 Å². The first-order valence-corrected chi connectivity index (χ1v) is 10.5. The summed E-state index contributed by atoms with van der Waals surface area (Å²) in [5, 5.41) is 11.7. The molecule has 2 aromatic heterocycles. The quantitative estimate of drug-likeness (QED) is 0.377. The Hall–Kier alpha value is -3.79. The number of halogens is 4. The van der Waals surface area contributed by atoms with Gasteiger partial charge in [-0.3, -0.25) is 9.48 Å². The number of rotatable bonds is 7. The van der Waals surface area contributed by atoms with Crippen LogP contribution in [-0.4, -0.2) is 25.5 Å². The topological polar surface area (TPSA) is 74.0 Å². The molecule has 7 nitrogen and oxygen atoms in total. The van der Waals surface area contributed by atoms with Crippen molar-refractivity contribution in [1.29, 1.82) is 0 Å². The molecule has 0 aliphatic carbocycles. The van der Waals surface area contributed by atoms with Gasteiger partial charge in [-0.1, -0.05) is 23.7 Å². The number of nitrogens with zero attached hydrogens (tertiary/aromatic N) is 4. The molecule has 2 aromatic carbocycles. The molecule has 4 rings (SSSR count). The van der Waals surface area contributed by atoms with Crippen molar-refractivity contribution in [3.05, 3.63) is 94.4 Å². The fourth-order valence-electron chi connectivity index (χ4n) is 3.23. The zero-order chi connectivity index (χ0) is 24.3. The Kier molecular flexibility index (Phi) is 6.60. The Bertz CT molecular complexity index is 1300. The fourth-order valence-corrected chi connectivity index (χ4v) is 3.35. The van der Waals surface area contributed by atoms with Crippen LogP contribution in [0.4, 0.5) is 19.0 Å². The summed E-state index contributed by atoms with van der Waals surface area (Å²) in [5.74, 6) is 0.372. The van der Waals surface area contributed by atoms with Crippen LogP contribution < -0.4 is 10.1 Å². The van der Waals surface area contributed by atoms with E-state index in [0.29, 0.717) is 22.0 Å². The molecule has 4 aromatic rings. The molecule has 1 amide bonds. The first-order chi connectivity index (χ1) is 16.2. The predicted octanol–water partition coefficient (Wildman–Crippen LogP) is 5.40. The van der Waals surface area contributed by atoms with E-state index in [1.165, 1.54) is 27.7 Å². The average Bonchev–Trinajstić information content (AvgIpc) is 3.39. The molecule has 0 aliphatic heterocycles. The second-order valence-corrected chi connectivity index (χ2v) is 7.86. The number of nitrogens with one attached hydrogen (secondary N) is 1. The van der Waals surface area contributed by atoms with Crippen LogP contribution in [0.1, 0.15) is 27.3 Å². The summed E-state index contributed by atoms with van der Waals surface area (Å²) in [6.07, 6.45) is -2.95. The van der Waals surface area contributed by atoms with Crippen LogP contribution in [0.5, 0.6) is 5.75 Å². The van der Waals surface area contributed by atoms with Crippen LogP contribution in [-0.2, 0) is 19.5 Å². The highest BCUT2D eigenvalue weighted by Gasteiger charge is 2.30. The smallest absolute Gasteiger partial charge is 0.416 e. The first kappa shape index (κ1) is 23.4. The molecule has 11 heteroatoms. The Balaban J connectivity index is 1.42. The average molecular weight is 490 g/mol. The van der Waals surface area contributed by atoms with Gasteiger partial charge in [0.1, 0.15) is 11.4 Å². The van der Waals surface area contributed by atoms with E-state index >= 15 is 0 Å². The van der Waals surface area contributed by atoms with E-state index in [-0.39, 0.29) is 24.8 Å². The molecule has 0 saturated carbocycles. The van der Waals surface area contributed by atoms with Gasteiger partial charge in [0, 0.05) is 23.0 Å². The van der Waals surface area contributed by atoms with E-state index in [1.54, 1.807) is 43.3 Å². The van der Waals surface area contributed by atoms with E-state index in [0.717, 1.165) is 12.1 Å². The molecule has 0 atom stereocenters. The van der Waals surface area contributed by atoms with Crippen molar-refractivity contribution in [1.82, 2.24) is 19.6 Å². The third-order valence-corrected chi connectivity index (χ3v) is 5.18. The lowest BCUT2D eigenvalue weighted by molar-refractivity contribution is -0.137. The predicted molar refractivity (Wildman–Crippen MR) is 120 cm³/mol. The van der Waals surface area contributed by atoms with Gasteiger partial charge >= 0.3 is 6.18 Å². The lowest BCUT2D eigenvalue weighted by atomic mass is 10.1. The number of ether oxygens (including phenoxy) is 1. The molecule has 0 radical (unpaired) electrons. The summed E-state index contributed by atoms with van der Waals surface area (Å²) in [4.78, 5) is 12.8. The number of aromatic nitrogens is 4. The molecule has 0 saturated heterocycles. The Labute approximate surface area is 197 Å². The zero-order valence-electron chi connectivity index (χ0n) is 17.9. The van der Waals surface area contributed by atoms with Crippen molar-refractivity contribution in [3.8, 4) is 5.75 Å². The number of anilines is 1. The Morgan fingerprint density at radius 1 is 1.09 bits per heavy atom. The molecular formula is C23H19ClF3N5O2. The second-order valence-electron chi connectivity index (χ2n) is 7.42. The van der Waals surface area contributed by atoms with Gasteiger partial charge in [-0.2, -0.15) is 23.4 Å². The van der Waals surface area contributed by atoms with Crippen molar-refractivity contribution in [3.63, 3.8) is 0 Å². The molecule has 0 spiro atoms. The molecule has 1 N–H and O–H groups in total. The number of alkyl halides is 3. The van der Waals surface area contributed by atoms with Crippen LogP contribution in [0, 0.1) is 6.92 Å². The highest BCUT2D eigenvalue weighted by atomic mass is 35.5. The van der Waals surface area contributed by atoms with Crippen LogP contribution in [0.15, 0.2) is 66.9 Å². The van der Waals surface area contributed by atoms with E-state index in [4.69, 9.17) is 16.3 Å². The van der Waals surface area contributed by atoms with Gasteiger partial charge < -0.3 is 10.1 Å². The van der Waals surface area contributed by atoms with E-state index in [9.17, 15) is 18.0 Å². The number of amides is 1. The summed E-state index contributed by atoms with van der Waals surface area (Å²) in [6.45, 7) is 1.87. The summed E-state index contributed by atoms with van der Waals surface area (Å²) >= 11 is 5.86. The van der Waals surface area contributed by atoms with Gasteiger partial charge in [0.15, 0.2) is 12.5 Å². The maximum atomic E-state index is 13.0. The second kappa shape index (κ2) is 9.60. The highest BCUT2D eigenvalue weighted by molar-refractivity contribution is 6.30. The molecule has 0 bridgehead atoms. The zero-order valence-corrected chi connectivity index (χ0v) is 18.6. The van der Waals surface area contributed by atoms with Crippen LogP contribution in [0.3, 0.4) is 0 Å². The third-order valence-electron chi connectivity index (χ3n) is 4.93. The number of carbonyl (C=O) groups excluding carboxylic acids is 1. The third kappa shape index (κ3) is 5.57. The Morgan fingerprint density at radius 3 is 2.59 bits per heavy atom. The van der Waals surface area contributed by atoms with Crippen molar-refractivity contribution in [2.45, 2.75) is 26.4 Å². The van der Waals surface area contributed by atoms with Gasteiger partial charge in [0.25, 0.3) is 5.91 Å². The number of benzene rings is 2. The van der Waals surface area contributed by atoms with Gasteiger partial charge in [-0.25, -0.2) is 4.68 Å². The monoisotopic (exact) mass is 489 g/mol. The minimum atomic E-state index is -4.42. The summed E-state index contributed by atoms with van der Waals surface area (Å²) < 4.78 is 47.5. The van der Waals surface area contributed by atoms with Gasteiger partial charge in [0.2, 0.25) is 0 Å². The lowest BCUT2D eigenvalue weighted by Crippen LogP contribution is -2.20. The van der Waals surface area contributed by atoms with Crippen molar-refractivity contribution in [2.24, 2.45) is 0 Å². The fraction of sp³-hybridized carbons (Fsp3) is 0.174. The number of aryl methyl sites for hydroxylation is 1. The van der Waals surface area contributed by atoms with Gasteiger partial charge in [-0.15, -0.1) is 0 Å². The number of hydrogen-bond donors (Lipinski definition) is 1. The summed E-state index contributed by atoms with van der Waals surface area (Å²) in [5.41, 5.74) is 0.639. The molecular weight excluding hydrogens is 471 g/mol. The summed E-state index contributed by atoms with van der Waals surface area (Å²) in [6, 6.07) is 15.0. The van der Waals surface area contributed by atoms with Crippen LogP contribution >= 0.6 is 11.6 Å². The largest absolute Gasteiger partial charge is 0.471 e. The minimum Gasteiger partial charge on any atom is -0.471 e. The van der Waals surface area contributed by atoms with E-state index in [1.807, 2.05) is 0 Å². The van der Waals surface area contributed by atoms with Crippen LogP contribution in [0.2, 0.25) is 5.02 Å². The van der Waals surface area contributed by atoms with Crippen molar-refractivity contribution < 1.29 is 22.7 Å². The standard InChI is InChI=1S/C23H19ClF3N5O2/c1-15-11-21(30-31(15)13-16-3-2-4-17(12-16)23(25,26)27)29-22(33)20-9-10-28-32(20)14-34-19-7-5-18(24)6-8-19/h2-12H,13-14H2,1H3,(H,29,30,33). The molecule has 0 aliphatic rings. The number of hydrogen-bond acceptors (Lipinski definition) is 4. The highest BCUT2D eigenvalue weighted by Crippen LogP contribution is 2.29. The minimum absolute atomic E-state index is 0.000397. The molecule has 0 unspecified atom stereocenters. The number of carbonyl (C=O) groups is 1. The van der Waals surface area contributed by atoms with Crippen molar-refractivity contribution >= 4 is 23.3 Å². The maximum absolute atomic E-state index is 13.0. The van der Waals surface area contributed by atoms with E-state index in [2.05, 4.69) is 15.5 Å². The lowest BCUT2D eigenvalue weighted by Gasteiger charge is -2.10. The molecule has 34 heavy (non-hydrogen) atoms. The Morgan fingerprint density at radius 2 is 1.85 bits per heavy atom. The normalized spacial score (nSPS) is 11.4. The first-order valence-electron chi connectivity index (χ1n) is 10.1. The molecule has 176 valence electrons. The molecule has 2 heterocycles. The maximum Gasteiger partial charge on any atom is 0.416 e. The molecule has 0 fully saturated rings. The van der Waals surface area contributed by atoms with E-state index < -0.39 is 17.6 Å². The van der Waals surface area contributed by atoms with Crippen molar-refractivity contribution in [2.75, 3.05) is 5.32 Å². The van der Waals surface area contributed by atoms with Gasteiger partial charge in [0.05, 0.1) is 12.1 Å². The SMILES string of the molecule is Cc1cc(NC(=O)c2ccnn2COc2ccc(Cl)cc2)nn1Cc1cccc(C(F)(F)F)c1. The van der Waals surface area contributed by atoms with Crippen LogP contribution in [0.25, 0.3) is 0 Å².